The van der Waals surface area contributed by atoms with Gasteiger partial charge < -0.3 is 14.7 Å². The molecule has 2 atom stereocenters. The molecule has 1 heterocycles. The number of amides is 2. The second kappa shape index (κ2) is 16.5. The van der Waals surface area contributed by atoms with E-state index in [1.807, 2.05) is 41.3 Å². The molecule has 1 aromatic rings. The lowest BCUT2D eigenvalue weighted by Gasteiger charge is -2.39. The molecule has 0 saturated heterocycles. The number of nitrogens with one attached hydrogen (secondary N) is 1. The lowest BCUT2D eigenvalue weighted by Crippen LogP contribution is -2.49. The molecule has 9 heteroatoms. The van der Waals surface area contributed by atoms with Crippen molar-refractivity contribution in [3.05, 3.63) is 47.5 Å². The van der Waals surface area contributed by atoms with Gasteiger partial charge in [0.05, 0.1) is 12.3 Å². The van der Waals surface area contributed by atoms with Gasteiger partial charge in [-0.15, -0.1) is 0 Å². The van der Waals surface area contributed by atoms with Gasteiger partial charge >= 0.3 is 11.9 Å². The molecular weight excluding hydrogens is 498 g/mol. The third-order valence-electron chi connectivity index (χ3n) is 7.13. The van der Waals surface area contributed by atoms with Crippen LogP contribution in [-0.4, -0.2) is 52.1 Å². The van der Waals surface area contributed by atoms with Crippen molar-refractivity contribution >= 4 is 30.0 Å². The van der Waals surface area contributed by atoms with E-state index in [4.69, 9.17) is 9.84 Å². The van der Waals surface area contributed by atoms with Crippen molar-refractivity contribution in [2.24, 2.45) is 5.10 Å². The number of carbonyl (C=O) groups is 4. The topological polar surface area (TPSA) is 125 Å². The van der Waals surface area contributed by atoms with E-state index in [2.05, 4.69) is 10.5 Å². The van der Waals surface area contributed by atoms with Crippen LogP contribution in [0.25, 0.3) is 0 Å². The smallest absolute Gasteiger partial charge is 0.306 e. The fourth-order valence-electron chi connectivity index (χ4n) is 5.10. The summed E-state index contributed by atoms with van der Waals surface area (Å²) in [5, 5.41) is 12.7. The number of esters is 1. The van der Waals surface area contributed by atoms with Crippen LogP contribution >= 0.6 is 0 Å². The molecule has 1 saturated carbocycles. The largest absolute Gasteiger partial charge is 0.481 e. The zero-order chi connectivity index (χ0) is 27.9. The van der Waals surface area contributed by atoms with Gasteiger partial charge in [-0.1, -0.05) is 49.6 Å². The van der Waals surface area contributed by atoms with Crippen molar-refractivity contribution in [1.29, 1.82) is 0 Å². The van der Waals surface area contributed by atoms with Crippen LogP contribution in [0.2, 0.25) is 0 Å². The Bertz CT molecular complexity index is 1040. The number of hydrogen-bond acceptors (Lipinski definition) is 6. The van der Waals surface area contributed by atoms with Crippen molar-refractivity contribution in [3.8, 4) is 0 Å². The molecule has 1 aromatic carbocycles. The molecule has 0 spiro atoms. The van der Waals surface area contributed by atoms with Crippen molar-refractivity contribution in [3.63, 3.8) is 0 Å². The van der Waals surface area contributed by atoms with Crippen LogP contribution in [0.15, 0.2) is 41.5 Å². The maximum atomic E-state index is 13.3. The van der Waals surface area contributed by atoms with Gasteiger partial charge in [-0.2, -0.15) is 5.10 Å². The lowest BCUT2D eigenvalue weighted by molar-refractivity contribution is -0.159. The first-order chi connectivity index (χ1) is 18.9. The Morgan fingerprint density at radius 3 is 2.56 bits per heavy atom. The molecule has 39 heavy (non-hydrogen) atoms. The zero-order valence-electron chi connectivity index (χ0n) is 22.7. The predicted molar refractivity (Wildman–Crippen MR) is 148 cm³/mol. The number of ether oxygens (including phenoxy) is 1. The van der Waals surface area contributed by atoms with Gasteiger partial charge in [0.15, 0.2) is 0 Å². The molecule has 1 aliphatic heterocycles. The molecule has 9 nitrogen and oxygen atoms in total. The zero-order valence-corrected chi connectivity index (χ0v) is 22.7. The fraction of sp³-hybridized carbons (Fsp3) is 0.567. The highest BCUT2D eigenvalue weighted by Crippen LogP contribution is 2.29. The first kappa shape index (κ1) is 30.1. The van der Waals surface area contributed by atoms with Gasteiger partial charge in [0.1, 0.15) is 6.10 Å². The highest BCUT2D eigenvalue weighted by molar-refractivity contribution is 5.82. The number of carboxylic acid groups (broad SMARTS) is 1. The molecule has 0 bridgehead atoms. The van der Waals surface area contributed by atoms with E-state index in [-0.39, 0.29) is 36.4 Å². The average molecular weight is 540 g/mol. The Labute approximate surface area is 230 Å². The number of allylic oxidation sites excluding steroid dienone is 2. The third kappa shape index (κ3) is 11.0. The van der Waals surface area contributed by atoms with E-state index in [0.29, 0.717) is 51.5 Å². The summed E-state index contributed by atoms with van der Waals surface area (Å²) in [5.74, 6) is -1.12. The molecule has 2 N–H and O–H groups in total. The van der Waals surface area contributed by atoms with Crippen LogP contribution in [0.4, 0.5) is 0 Å². The molecule has 1 fully saturated rings. The van der Waals surface area contributed by atoms with E-state index >= 15 is 0 Å². The molecular formula is C30H41N3O6. The van der Waals surface area contributed by atoms with E-state index in [9.17, 15) is 19.2 Å². The summed E-state index contributed by atoms with van der Waals surface area (Å²) < 4.78 is 5.85. The van der Waals surface area contributed by atoms with Crippen molar-refractivity contribution < 1.29 is 29.0 Å². The number of carboxylic acids is 1. The number of aliphatic carboxylic acids is 1. The first-order valence-electron chi connectivity index (χ1n) is 14.2. The minimum absolute atomic E-state index is 0.0578. The number of benzene rings is 1. The van der Waals surface area contributed by atoms with Gasteiger partial charge in [-0.25, -0.2) is 5.43 Å². The van der Waals surface area contributed by atoms with Crippen molar-refractivity contribution in [1.82, 2.24) is 10.3 Å². The molecule has 2 aliphatic rings. The molecule has 3 rings (SSSR count). The van der Waals surface area contributed by atoms with Gasteiger partial charge in [-0.3, -0.25) is 19.2 Å². The summed E-state index contributed by atoms with van der Waals surface area (Å²) in [5.41, 5.74) is 4.29. The summed E-state index contributed by atoms with van der Waals surface area (Å²) in [7, 11) is 0. The van der Waals surface area contributed by atoms with Gasteiger partial charge in [0, 0.05) is 32.2 Å². The van der Waals surface area contributed by atoms with Crippen LogP contribution in [-0.2, 0) is 30.5 Å². The van der Waals surface area contributed by atoms with E-state index in [0.717, 1.165) is 49.7 Å². The summed E-state index contributed by atoms with van der Waals surface area (Å²) in [6.07, 6.45) is 14.2. The Morgan fingerprint density at radius 2 is 1.77 bits per heavy atom. The Hall–Kier alpha value is -3.49. The van der Waals surface area contributed by atoms with Crippen LogP contribution in [0.3, 0.4) is 0 Å². The number of rotatable bonds is 11. The second-order valence-corrected chi connectivity index (χ2v) is 10.3. The van der Waals surface area contributed by atoms with E-state index < -0.39 is 5.97 Å². The molecule has 0 radical (unpaired) electrons. The number of nitrogens with zero attached hydrogens (tertiary/aromatic N) is 2. The van der Waals surface area contributed by atoms with Crippen LogP contribution in [0.5, 0.6) is 0 Å². The minimum atomic E-state index is -0.794. The summed E-state index contributed by atoms with van der Waals surface area (Å²) >= 11 is 0. The molecule has 0 aromatic heterocycles. The maximum Gasteiger partial charge on any atom is 0.306 e. The number of hydrogen-bond donors (Lipinski definition) is 2. The summed E-state index contributed by atoms with van der Waals surface area (Å²) in [6, 6.07) is 7.56. The maximum absolute atomic E-state index is 13.3. The Balaban J connectivity index is 1.59. The molecule has 1 aliphatic carbocycles. The number of carbonyl (C=O) groups excluding carboxylic acids is 3. The van der Waals surface area contributed by atoms with Crippen LogP contribution in [0.1, 0.15) is 101 Å². The Kier molecular flexibility index (Phi) is 12.7. The molecule has 0 unspecified atom stereocenters. The lowest BCUT2D eigenvalue weighted by atomic mass is 9.90. The van der Waals surface area contributed by atoms with E-state index in [1.54, 1.807) is 6.21 Å². The van der Waals surface area contributed by atoms with E-state index in [1.165, 1.54) is 0 Å². The highest BCUT2D eigenvalue weighted by Gasteiger charge is 2.35. The van der Waals surface area contributed by atoms with Gasteiger partial charge in [0.25, 0.3) is 0 Å². The third-order valence-corrected chi connectivity index (χ3v) is 7.13. The highest BCUT2D eigenvalue weighted by atomic mass is 16.5. The first-order valence-corrected chi connectivity index (χ1v) is 14.2. The quantitative estimate of drug-likeness (QED) is 0.136. The predicted octanol–water partition coefficient (Wildman–Crippen LogP) is 4.88. The summed E-state index contributed by atoms with van der Waals surface area (Å²) in [4.78, 5) is 50.2. The number of hydrazone groups is 1. The standard InChI is InChI=1S/C30H41N3O6/c34-27(16-5-1-3-7-18-29(36)37)32-31-21-23-12-11-13-24(20-23)22-33-25-14-9-10-15-26(25)39-30(38)19-8-4-2-6-17-28(33)35/h2,4,11-13,20-21,25-26H,1,3,5-10,14-19,22H2,(H,32,34)(H,36,37)/b4-2+,31-21+/t25-,26-/m1/s1. The van der Waals surface area contributed by atoms with Crippen molar-refractivity contribution in [2.75, 3.05) is 0 Å². The van der Waals surface area contributed by atoms with Gasteiger partial charge in [-0.05, 0) is 62.1 Å². The summed E-state index contributed by atoms with van der Waals surface area (Å²) in [6.45, 7) is 0.414. The number of unbranched alkanes of at least 4 members (excludes halogenated alkanes) is 3. The van der Waals surface area contributed by atoms with Crippen LogP contribution < -0.4 is 5.43 Å². The van der Waals surface area contributed by atoms with Gasteiger partial charge in [0.2, 0.25) is 11.8 Å². The SMILES string of the molecule is O=C(O)CCCCCCC(=O)N/N=C/c1cccc(CN2C(=O)CC/C=C/CCC(=O)O[C@@H]3CCCC[C@H]32)c1. The Morgan fingerprint density at radius 1 is 1.03 bits per heavy atom. The van der Waals surface area contributed by atoms with Crippen LogP contribution in [0, 0.1) is 0 Å². The monoisotopic (exact) mass is 539 g/mol. The minimum Gasteiger partial charge on any atom is -0.481 e. The molecule has 212 valence electrons. The number of fused-ring (bicyclic) bond motifs is 1. The second-order valence-electron chi connectivity index (χ2n) is 10.3. The van der Waals surface area contributed by atoms with Crippen molar-refractivity contribution in [2.45, 2.75) is 109 Å². The normalized spacial score (nSPS) is 21.4. The molecule has 2 amide bonds. The average Bonchev–Trinajstić information content (AvgIpc) is 2.91. The fourth-order valence-corrected chi connectivity index (χ4v) is 5.10.